The van der Waals surface area contributed by atoms with E-state index in [0.29, 0.717) is 23.1 Å². The van der Waals surface area contributed by atoms with E-state index >= 15 is 0 Å². The molecule has 0 aliphatic heterocycles. The molecule has 0 radical (unpaired) electrons. The lowest BCUT2D eigenvalue weighted by Crippen LogP contribution is -2.12. The second-order valence-corrected chi connectivity index (χ2v) is 8.12. The summed E-state index contributed by atoms with van der Waals surface area (Å²) in [4.78, 5) is 17.2. The van der Waals surface area contributed by atoms with E-state index in [1.807, 2.05) is 66.9 Å². The minimum absolute atomic E-state index is 0.248. The highest BCUT2D eigenvalue weighted by atomic mass is 35.5. The number of thiophene rings is 1. The number of hydrogen-bond donors (Lipinski definition) is 1. The summed E-state index contributed by atoms with van der Waals surface area (Å²) in [6, 6.07) is 17.2. The van der Waals surface area contributed by atoms with Gasteiger partial charge in [-0.15, -0.1) is 16.4 Å². The number of halogens is 1. The first-order chi connectivity index (χ1) is 14.5. The van der Waals surface area contributed by atoms with E-state index in [-0.39, 0.29) is 11.9 Å². The Bertz CT molecular complexity index is 1150. The molecule has 0 spiro atoms. The maximum atomic E-state index is 12.5. The number of carbonyl (C=O) groups is 1. The van der Waals surface area contributed by atoms with Crippen molar-refractivity contribution in [2.75, 3.05) is 5.32 Å². The maximum absolute atomic E-state index is 12.5. The zero-order valence-electron chi connectivity index (χ0n) is 16.2. The molecule has 30 heavy (non-hydrogen) atoms. The largest absolute Gasteiger partial charge is 0.489 e. The van der Waals surface area contributed by atoms with Crippen molar-refractivity contribution in [3.8, 4) is 5.75 Å². The number of amides is 1. The first-order valence-electron chi connectivity index (χ1n) is 9.27. The molecule has 0 fully saturated rings. The third kappa shape index (κ3) is 5.25. The highest BCUT2D eigenvalue weighted by Crippen LogP contribution is 2.19. The monoisotopic (exact) mass is 438 g/mol. The summed E-state index contributed by atoms with van der Waals surface area (Å²) < 4.78 is 7.41. The molecule has 0 bridgehead atoms. The number of nitrogens with zero attached hydrogens (tertiary/aromatic N) is 3. The summed E-state index contributed by atoms with van der Waals surface area (Å²) in [6.45, 7) is 2.95. The maximum Gasteiger partial charge on any atom is 0.268 e. The smallest absolute Gasteiger partial charge is 0.268 e. The third-order valence-corrected chi connectivity index (χ3v) is 5.51. The SMILES string of the molecule is Cc1ccc(OCc2csc(C(=O)Nc3ncn(Cc4cccc(Cl)c4)n3)c2)cc1. The Morgan fingerprint density at radius 2 is 2.00 bits per heavy atom. The highest BCUT2D eigenvalue weighted by molar-refractivity contribution is 7.12. The number of carbonyl (C=O) groups excluding carboxylic acids is 1. The van der Waals surface area contributed by atoms with Gasteiger partial charge in [0.1, 0.15) is 18.7 Å². The van der Waals surface area contributed by atoms with E-state index in [1.165, 1.54) is 16.9 Å². The average molecular weight is 439 g/mol. The Hall–Kier alpha value is -3.16. The fraction of sp³-hybridized carbons (Fsp3) is 0.136. The number of ether oxygens (including phenoxy) is 1. The van der Waals surface area contributed by atoms with Crippen LogP contribution in [0.3, 0.4) is 0 Å². The molecule has 2 aromatic heterocycles. The predicted octanol–water partition coefficient (Wildman–Crippen LogP) is 5.18. The van der Waals surface area contributed by atoms with Crippen LogP contribution in [0.5, 0.6) is 5.75 Å². The van der Waals surface area contributed by atoms with E-state index in [4.69, 9.17) is 16.3 Å². The van der Waals surface area contributed by atoms with Crippen molar-refractivity contribution in [1.82, 2.24) is 14.8 Å². The lowest BCUT2D eigenvalue weighted by molar-refractivity contribution is 0.102. The summed E-state index contributed by atoms with van der Waals surface area (Å²) in [5.74, 6) is 0.808. The van der Waals surface area contributed by atoms with Crippen molar-refractivity contribution in [2.45, 2.75) is 20.1 Å². The van der Waals surface area contributed by atoms with Crippen molar-refractivity contribution < 1.29 is 9.53 Å². The summed E-state index contributed by atoms with van der Waals surface area (Å²) >= 11 is 7.36. The van der Waals surface area contributed by atoms with Crippen molar-refractivity contribution in [3.63, 3.8) is 0 Å². The lowest BCUT2D eigenvalue weighted by Gasteiger charge is -2.04. The van der Waals surface area contributed by atoms with Crippen molar-refractivity contribution in [3.05, 3.63) is 92.9 Å². The lowest BCUT2D eigenvalue weighted by atomic mass is 10.2. The minimum atomic E-state index is -0.248. The van der Waals surface area contributed by atoms with Crippen molar-refractivity contribution in [1.29, 1.82) is 0 Å². The molecule has 1 N–H and O–H groups in total. The van der Waals surface area contributed by atoms with Crippen LogP contribution in [0, 0.1) is 6.92 Å². The molecule has 0 aliphatic rings. The molecule has 1 amide bonds. The summed E-state index contributed by atoms with van der Waals surface area (Å²) in [7, 11) is 0. The molecule has 4 aromatic rings. The Kier molecular flexibility index (Phi) is 6.11. The number of anilines is 1. The minimum Gasteiger partial charge on any atom is -0.489 e. The van der Waals surface area contributed by atoms with Gasteiger partial charge in [-0.1, -0.05) is 41.4 Å². The molecular weight excluding hydrogens is 420 g/mol. The van der Waals surface area contributed by atoms with Gasteiger partial charge in [-0.25, -0.2) is 9.67 Å². The molecule has 0 saturated heterocycles. The van der Waals surface area contributed by atoms with Crippen LogP contribution < -0.4 is 10.1 Å². The van der Waals surface area contributed by atoms with Gasteiger partial charge in [-0.05, 0) is 48.2 Å². The number of nitrogens with one attached hydrogen (secondary N) is 1. The standard InChI is InChI=1S/C22H19ClN4O2S/c1-15-5-7-19(8-6-15)29-12-17-10-20(30-13-17)21(28)25-22-24-14-27(26-22)11-16-3-2-4-18(23)9-16/h2-10,13-14H,11-12H2,1H3,(H,25,26,28). The Labute approximate surface area is 183 Å². The molecule has 2 heterocycles. The fourth-order valence-electron chi connectivity index (χ4n) is 2.79. The Balaban J connectivity index is 1.33. The Morgan fingerprint density at radius 1 is 1.17 bits per heavy atom. The van der Waals surface area contributed by atoms with E-state index in [9.17, 15) is 4.79 Å². The van der Waals surface area contributed by atoms with Gasteiger partial charge in [0.15, 0.2) is 0 Å². The van der Waals surface area contributed by atoms with Crippen LogP contribution in [-0.2, 0) is 13.2 Å². The van der Waals surface area contributed by atoms with Crippen LogP contribution in [0.2, 0.25) is 5.02 Å². The second-order valence-electron chi connectivity index (χ2n) is 6.77. The van der Waals surface area contributed by atoms with Crippen LogP contribution in [-0.4, -0.2) is 20.7 Å². The zero-order chi connectivity index (χ0) is 20.9. The quantitative estimate of drug-likeness (QED) is 0.431. The van der Waals surface area contributed by atoms with E-state index in [1.54, 1.807) is 11.0 Å². The number of rotatable bonds is 7. The van der Waals surface area contributed by atoms with Crippen LogP contribution in [0.1, 0.15) is 26.4 Å². The highest BCUT2D eigenvalue weighted by Gasteiger charge is 2.12. The molecule has 0 unspecified atom stereocenters. The molecule has 6 nitrogen and oxygen atoms in total. The van der Waals surface area contributed by atoms with E-state index in [2.05, 4.69) is 15.4 Å². The van der Waals surface area contributed by atoms with Crippen LogP contribution in [0.25, 0.3) is 0 Å². The molecule has 2 aromatic carbocycles. The number of aryl methyl sites for hydroxylation is 1. The second kappa shape index (κ2) is 9.11. The molecule has 0 aliphatic carbocycles. The average Bonchev–Trinajstić information content (AvgIpc) is 3.37. The predicted molar refractivity (Wildman–Crippen MR) is 118 cm³/mol. The molecule has 8 heteroatoms. The molecule has 0 saturated carbocycles. The first kappa shape index (κ1) is 20.1. The van der Waals surface area contributed by atoms with Gasteiger partial charge in [-0.2, -0.15) is 0 Å². The van der Waals surface area contributed by atoms with Crippen LogP contribution in [0.15, 0.2) is 66.3 Å². The number of hydrogen-bond acceptors (Lipinski definition) is 5. The summed E-state index contributed by atoms with van der Waals surface area (Å²) in [5, 5.41) is 9.61. The molecule has 4 rings (SSSR count). The van der Waals surface area contributed by atoms with E-state index in [0.717, 1.165) is 16.9 Å². The van der Waals surface area contributed by atoms with Gasteiger partial charge < -0.3 is 4.74 Å². The van der Waals surface area contributed by atoms with Gasteiger partial charge in [0.2, 0.25) is 5.95 Å². The van der Waals surface area contributed by atoms with Crippen molar-refractivity contribution in [2.24, 2.45) is 0 Å². The normalized spacial score (nSPS) is 10.7. The molecular formula is C22H19ClN4O2S. The van der Waals surface area contributed by atoms with Crippen LogP contribution >= 0.6 is 22.9 Å². The molecule has 152 valence electrons. The zero-order valence-corrected chi connectivity index (χ0v) is 17.8. The van der Waals surface area contributed by atoms with Gasteiger partial charge in [0.05, 0.1) is 11.4 Å². The summed E-state index contributed by atoms with van der Waals surface area (Å²) in [6.07, 6.45) is 1.58. The van der Waals surface area contributed by atoms with Crippen LogP contribution in [0.4, 0.5) is 5.95 Å². The molecule has 0 atom stereocenters. The van der Waals surface area contributed by atoms with Gasteiger partial charge in [-0.3, -0.25) is 10.1 Å². The first-order valence-corrected chi connectivity index (χ1v) is 10.5. The third-order valence-electron chi connectivity index (χ3n) is 4.30. The van der Waals surface area contributed by atoms with Gasteiger partial charge in [0, 0.05) is 10.6 Å². The topological polar surface area (TPSA) is 69.0 Å². The Morgan fingerprint density at radius 3 is 2.80 bits per heavy atom. The van der Waals surface area contributed by atoms with Gasteiger partial charge >= 0.3 is 0 Å². The van der Waals surface area contributed by atoms with Gasteiger partial charge in [0.25, 0.3) is 5.91 Å². The van der Waals surface area contributed by atoms with Crippen molar-refractivity contribution >= 4 is 34.8 Å². The number of benzene rings is 2. The summed E-state index contributed by atoms with van der Waals surface area (Å²) in [5.41, 5.74) is 3.12. The van der Waals surface area contributed by atoms with E-state index < -0.39 is 0 Å². The fourth-order valence-corrected chi connectivity index (χ4v) is 3.79. The number of aromatic nitrogens is 3.